The third-order valence-electron chi connectivity index (χ3n) is 3.47. The van der Waals surface area contributed by atoms with Crippen molar-refractivity contribution in [3.63, 3.8) is 0 Å². The number of pyridine rings is 1. The highest BCUT2D eigenvalue weighted by Gasteiger charge is 2.18. The lowest BCUT2D eigenvalue weighted by molar-refractivity contribution is 0.732. The van der Waals surface area contributed by atoms with Gasteiger partial charge in [-0.05, 0) is 36.6 Å². The number of rotatable bonds is 2. The molecule has 0 unspecified atom stereocenters. The van der Waals surface area contributed by atoms with Crippen LogP contribution in [0, 0.1) is 0 Å². The molecule has 0 spiro atoms. The second-order valence-electron chi connectivity index (χ2n) is 5.11. The number of aromatic nitrogens is 2. The average molecular weight is 241 g/mol. The van der Waals surface area contributed by atoms with Gasteiger partial charge in [-0.3, -0.25) is 4.40 Å². The van der Waals surface area contributed by atoms with Gasteiger partial charge in [0, 0.05) is 12.7 Å². The summed E-state index contributed by atoms with van der Waals surface area (Å²) >= 11 is 0. The maximum absolute atomic E-state index is 4.79. The minimum absolute atomic E-state index is 0.454. The number of hydrogen-bond acceptors (Lipinski definition) is 2. The Bertz CT molecular complexity index is 593. The van der Waals surface area contributed by atoms with Crippen molar-refractivity contribution in [1.29, 1.82) is 0 Å². The Labute approximate surface area is 108 Å². The van der Waals surface area contributed by atoms with Crippen molar-refractivity contribution in [2.75, 3.05) is 13.1 Å². The smallest absolute Gasteiger partial charge is 0.137 e. The zero-order valence-corrected chi connectivity index (χ0v) is 11.0. The van der Waals surface area contributed by atoms with E-state index in [2.05, 4.69) is 48.0 Å². The second-order valence-corrected chi connectivity index (χ2v) is 5.11. The van der Waals surface area contributed by atoms with E-state index in [-0.39, 0.29) is 0 Å². The molecule has 0 amide bonds. The van der Waals surface area contributed by atoms with E-state index in [1.807, 2.05) is 6.07 Å². The summed E-state index contributed by atoms with van der Waals surface area (Å²) in [6.07, 6.45) is 5.50. The monoisotopic (exact) mass is 241 g/mol. The molecule has 0 saturated heterocycles. The molecule has 18 heavy (non-hydrogen) atoms. The van der Waals surface area contributed by atoms with E-state index in [9.17, 15) is 0 Å². The summed E-state index contributed by atoms with van der Waals surface area (Å²) in [4.78, 5) is 4.79. The number of fused-ring (bicyclic) bond motifs is 1. The van der Waals surface area contributed by atoms with Gasteiger partial charge in [0.1, 0.15) is 5.65 Å². The molecule has 0 radical (unpaired) electrons. The van der Waals surface area contributed by atoms with Crippen LogP contribution in [-0.2, 0) is 0 Å². The molecule has 0 fully saturated rings. The fourth-order valence-corrected chi connectivity index (χ4v) is 2.57. The zero-order chi connectivity index (χ0) is 12.5. The van der Waals surface area contributed by atoms with Crippen LogP contribution in [0.4, 0.5) is 0 Å². The van der Waals surface area contributed by atoms with Gasteiger partial charge >= 0.3 is 0 Å². The van der Waals surface area contributed by atoms with Crippen molar-refractivity contribution in [3.8, 4) is 0 Å². The first kappa shape index (κ1) is 11.5. The Kier molecular flexibility index (Phi) is 2.92. The van der Waals surface area contributed by atoms with Gasteiger partial charge in [0.25, 0.3) is 0 Å². The van der Waals surface area contributed by atoms with Crippen LogP contribution in [0.15, 0.2) is 30.5 Å². The fraction of sp³-hybridized carbons (Fsp3) is 0.400. The quantitative estimate of drug-likeness (QED) is 0.876. The molecule has 0 aliphatic carbocycles. The molecule has 94 valence electrons. The highest BCUT2D eigenvalue weighted by atomic mass is 15.0. The highest BCUT2D eigenvalue weighted by Crippen LogP contribution is 2.29. The molecule has 3 nitrogen and oxygen atoms in total. The Morgan fingerprint density at radius 1 is 1.33 bits per heavy atom. The number of nitrogens with one attached hydrogen (secondary N) is 1. The maximum Gasteiger partial charge on any atom is 0.137 e. The molecule has 1 aliphatic rings. The van der Waals surface area contributed by atoms with Crippen LogP contribution in [0.1, 0.15) is 37.6 Å². The van der Waals surface area contributed by atoms with Crippen LogP contribution in [0.3, 0.4) is 0 Å². The van der Waals surface area contributed by atoms with Gasteiger partial charge in [-0.1, -0.05) is 26.0 Å². The number of nitrogens with zero attached hydrogens (tertiary/aromatic N) is 2. The molecule has 0 saturated carbocycles. The van der Waals surface area contributed by atoms with Gasteiger partial charge < -0.3 is 5.32 Å². The predicted molar refractivity (Wildman–Crippen MR) is 74.7 cm³/mol. The molecule has 2 aromatic rings. The first-order valence-corrected chi connectivity index (χ1v) is 6.64. The molecule has 3 heterocycles. The molecule has 1 aliphatic heterocycles. The molecule has 2 aromatic heterocycles. The minimum atomic E-state index is 0.454. The molecule has 3 heteroatoms. The molecule has 0 atom stereocenters. The summed E-state index contributed by atoms with van der Waals surface area (Å²) in [7, 11) is 0. The van der Waals surface area contributed by atoms with Crippen molar-refractivity contribution in [1.82, 2.24) is 14.7 Å². The topological polar surface area (TPSA) is 29.3 Å². The second kappa shape index (κ2) is 4.58. The summed E-state index contributed by atoms with van der Waals surface area (Å²) in [5.41, 5.74) is 5.00. The number of imidazole rings is 1. The van der Waals surface area contributed by atoms with Gasteiger partial charge in [0.2, 0.25) is 0 Å². The van der Waals surface area contributed by atoms with Crippen LogP contribution >= 0.6 is 0 Å². The van der Waals surface area contributed by atoms with Crippen molar-refractivity contribution >= 4 is 11.2 Å². The largest absolute Gasteiger partial charge is 0.313 e. The molecule has 0 aromatic carbocycles. The van der Waals surface area contributed by atoms with Gasteiger partial charge in [-0.25, -0.2) is 4.98 Å². The highest BCUT2D eigenvalue weighted by molar-refractivity contribution is 5.69. The fourth-order valence-electron chi connectivity index (χ4n) is 2.57. The Morgan fingerprint density at radius 2 is 2.22 bits per heavy atom. The van der Waals surface area contributed by atoms with Gasteiger partial charge in [0.15, 0.2) is 0 Å². The van der Waals surface area contributed by atoms with Crippen LogP contribution in [0.5, 0.6) is 0 Å². The molecule has 1 N–H and O–H groups in total. The van der Waals surface area contributed by atoms with Crippen LogP contribution in [0.25, 0.3) is 11.2 Å². The minimum Gasteiger partial charge on any atom is -0.313 e. The van der Waals surface area contributed by atoms with E-state index >= 15 is 0 Å². The van der Waals surface area contributed by atoms with Gasteiger partial charge in [-0.15, -0.1) is 0 Å². The van der Waals surface area contributed by atoms with Crippen molar-refractivity contribution < 1.29 is 0 Å². The van der Waals surface area contributed by atoms with E-state index < -0.39 is 0 Å². The molecular formula is C15H19N3. The lowest BCUT2D eigenvalue weighted by Crippen LogP contribution is -2.20. The van der Waals surface area contributed by atoms with E-state index in [0.717, 1.165) is 25.2 Å². The maximum atomic E-state index is 4.79. The summed E-state index contributed by atoms with van der Waals surface area (Å²) < 4.78 is 2.23. The van der Waals surface area contributed by atoms with Crippen LogP contribution in [-0.4, -0.2) is 22.5 Å². The summed E-state index contributed by atoms with van der Waals surface area (Å²) in [5, 5.41) is 3.37. The standard InChI is InChI=1S/C15H19N3/c1-11(2)14-15(12-6-8-16-9-7-12)18-10-4-3-5-13(18)17-14/h3-6,10-11,16H,7-9H2,1-2H3. The average Bonchev–Trinajstić information content (AvgIpc) is 2.79. The summed E-state index contributed by atoms with van der Waals surface area (Å²) in [5.74, 6) is 0.454. The van der Waals surface area contributed by atoms with E-state index in [1.165, 1.54) is 17.0 Å². The van der Waals surface area contributed by atoms with E-state index in [4.69, 9.17) is 4.98 Å². The number of hydrogen-bond donors (Lipinski definition) is 1. The van der Waals surface area contributed by atoms with Gasteiger partial charge in [0.05, 0.1) is 11.4 Å². The Hall–Kier alpha value is -1.61. The van der Waals surface area contributed by atoms with Gasteiger partial charge in [-0.2, -0.15) is 0 Å². The molecular weight excluding hydrogens is 222 g/mol. The van der Waals surface area contributed by atoms with Crippen molar-refractivity contribution in [3.05, 3.63) is 41.9 Å². The van der Waals surface area contributed by atoms with Crippen LogP contribution < -0.4 is 5.32 Å². The van der Waals surface area contributed by atoms with Crippen molar-refractivity contribution in [2.24, 2.45) is 0 Å². The lowest BCUT2D eigenvalue weighted by atomic mass is 9.99. The van der Waals surface area contributed by atoms with E-state index in [0.29, 0.717) is 5.92 Å². The zero-order valence-electron chi connectivity index (χ0n) is 11.0. The molecule has 3 rings (SSSR count). The third kappa shape index (κ3) is 1.85. The first-order chi connectivity index (χ1) is 8.77. The normalized spacial score (nSPS) is 16.3. The predicted octanol–water partition coefficient (Wildman–Crippen LogP) is 2.83. The molecule has 0 bridgehead atoms. The van der Waals surface area contributed by atoms with Crippen molar-refractivity contribution in [2.45, 2.75) is 26.2 Å². The Balaban J connectivity index is 2.23. The summed E-state index contributed by atoms with van der Waals surface area (Å²) in [6, 6.07) is 6.20. The SMILES string of the molecule is CC(C)c1nc2ccccn2c1C1=CCNCC1. The van der Waals surface area contributed by atoms with E-state index in [1.54, 1.807) is 0 Å². The third-order valence-corrected chi connectivity index (χ3v) is 3.47. The first-order valence-electron chi connectivity index (χ1n) is 6.64. The summed E-state index contributed by atoms with van der Waals surface area (Å²) in [6.45, 7) is 6.45. The lowest BCUT2D eigenvalue weighted by Gasteiger charge is -2.16. The van der Waals surface area contributed by atoms with Crippen LogP contribution in [0.2, 0.25) is 0 Å². The Morgan fingerprint density at radius 3 is 2.94 bits per heavy atom.